The summed E-state index contributed by atoms with van der Waals surface area (Å²) in [5, 5.41) is 0.615. The second-order valence-electron chi connectivity index (χ2n) is 2.61. The van der Waals surface area contributed by atoms with E-state index in [2.05, 4.69) is 9.97 Å². The van der Waals surface area contributed by atoms with Gasteiger partial charge in [-0.1, -0.05) is 11.6 Å². The summed E-state index contributed by atoms with van der Waals surface area (Å²) >= 11 is 5.70. The van der Waals surface area contributed by atoms with Gasteiger partial charge in [-0.3, -0.25) is 4.98 Å². The molecule has 0 aliphatic heterocycles. The first-order valence-corrected chi connectivity index (χ1v) is 4.17. The van der Waals surface area contributed by atoms with E-state index in [0.717, 1.165) is 11.4 Å². The van der Waals surface area contributed by atoms with Crippen molar-refractivity contribution in [1.82, 2.24) is 9.97 Å². The van der Waals surface area contributed by atoms with Crippen LogP contribution in [0.2, 0.25) is 5.02 Å². The van der Waals surface area contributed by atoms with Crippen molar-refractivity contribution in [3.8, 4) is 11.4 Å². The van der Waals surface area contributed by atoms with Gasteiger partial charge in [-0.2, -0.15) is 0 Å². The summed E-state index contributed by atoms with van der Waals surface area (Å²) in [7, 11) is 0. The molecule has 4 heteroatoms. The molecular formula is C9H7ClN2O. The van der Waals surface area contributed by atoms with Crippen molar-refractivity contribution in [2.45, 2.75) is 6.92 Å². The molecule has 0 N–H and O–H groups in total. The standard InChI is InChI=1S/C9H7ClN2O/c1-6-12-9(5-13-6)8-3-2-7(10)4-11-8/h2-5H,1H3. The first-order valence-electron chi connectivity index (χ1n) is 3.80. The Morgan fingerprint density at radius 1 is 1.31 bits per heavy atom. The van der Waals surface area contributed by atoms with Crippen molar-refractivity contribution >= 4 is 11.6 Å². The highest BCUT2D eigenvalue weighted by Crippen LogP contribution is 2.17. The zero-order valence-electron chi connectivity index (χ0n) is 6.99. The maximum atomic E-state index is 5.70. The molecule has 0 bridgehead atoms. The first-order chi connectivity index (χ1) is 6.25. The Labute approximate surface area is 80.4 Å². The highest BCUT2D eigenvalue weighted by atomic mass is 35.5. The number of halogens is 1. The summed E-state index contributed by atoms with van der Waals surface area (Å²) in [5.74, 6) is 0.631. The van der Waals surface area contributed by atoms with Gasteiger partial charge in [0.25, 0.3) is 0 Å². The number of rotatable bonds is 1. The maximum absolute atomic E-state index is 5.70. The Bertz CT molecular complexity index is 408. The molecule has 0 aromatic carbocycles. The minimum absolute atomic E-state index is 0.615. The van der Waals surface area contributed by atoms with Gasteiger partial charge in [0, 0.05) is 13.1 Å². The van der Waals surface area contributed by atoms with Crippen molar-refractivity contribution in [3.63, 3.8) is 0 Å². The van der Waals surface area contributed by atoms with Gasteiger partial charge < -0.3 is 4.42 Å². The molecule has 0 amide bonds. The summed E-state index contributed by atoms with van der Waals surface area (Å²) in [5.41, 5.74) is 1.50. The fourth-order valence-electron chi connectivity index (χ4n) is 1.01. The van der Waals surface area contributed by atoms with E-state index in [1.54, 1.807) is 31.5 Å². The lowest BCUT2D eigenvalue weighted by Gasteiger charge is -1.93. The van der Waals surface area contributed by atoms with Crippen molar-refractivity contribution in [1.29, 1.82) is 0 Å². The third-order valence-electron chi connectivity index (χ3n) is 1.61. The van der Waals surface area contributed by atoms with Crippen LogP contribution >= 0.6 is 11.6 Å². The Morgan fingerprint density at radius 3 is 2.69 bits per heavy atom. The van der Waals surface area contributed by atoms with Gasteiger partial charge in [-0.15, -0.1) is 0 Å². The van der Waals surface area contributed by atoms with E-state index in [1.807, 2.05) is 0 Å². The highest BCUT2D eigenvalue weighted by molar-refractivity contribution is 6.30. The summed E-state index contributed by atoms with van der Waals surface area (Å²) < 4.78 is 5.07. The number of aromatic nitrogens is 2. The zero-order chi connectivity index (χ0) is 9.26. The normalized spacial score (nSPS) is 10.3. The van der Waals surface area contributed by atoms with Crippen molar-refractivity contribution in [2.24, 2.45) is 0 Å². The lowest BCUT2D eigenvalue weighted by molar-refractivity contribution is 0.521. The van der Waals surface area contributed by atoms with Gasteiger partial charge in [0.05, 0.1) is 10.7 Å². The molecule has 2 aromatic heterocycles. The Kier molecular flexibility index (Phi) is 2.02. The zero-order valence-corrected chi connectivity index (χ0v) is 7.75. The van der Waals surface area contributed by atoms with Crippen LogP contribution in [0.3, 0.4) is 0 Å². The Balaban J connectivity index is 2.41. The van der Waals surface area contributed by atoms with Crippen LogP contribution in [0.1, 0.15) is 5.89 Å². The molecule has 0 unspecified atom stereocenters. The summed E-state index contributed by atoms with van der Waals surface area (Å²) in [4.78, 5) is 8.25. The number of aryl methyl sites for hydroxylation is 1. The van der Waals surface area contributed by atoms with E-state index in [1.165, 1.54) is 0 Å². The Morgan fingerprint density at radius 2 is 2.15 bits per heavy atom. The minimum atomic E-state index is 0.615. The molecule has 0 saturated heterocycles. The molecule has 3 nitrogen and oxygen atoms in total. The molecule has 0 atom stereocenters. The van der Waals surface area contributed by atoms with Gasteiger partial charge in [-0.25, -0.2) is 4.98 Å². The fraction of sp³-hybridized carbons (Fsp3) is 0.111. The number of oxazole rings is 1. The summed E-state index contributed by atoms with van der Waals surface area (Å²) in [6, 6.07) is 3.58. The van der Waals surface area contributed by atoms with Crippen molar-refractivity contribution < 1.29 is 4.42 Å². The summed E-state index contributed by atoms with van der Waals surface area (Å²) in [6.07, 6.45) is 3.16. The van der Waals surface area contributed by atoms with Crippen LogP contribution in [0.15, 0.2) is 29.0 Å². The molecule has 2 heterocycles. The molecular weight excluding hydrogens is 188 g/mol. The average molecular weight is 195 g/mol. The van der Waals surface area contributed by atoms with Crippen LogP contribution in [-0.2, 0) is 0 Å². The molecule has 0 aliphatic carbocycles. The van der Waals surface area contributed by atoms with E-state index < -0.39 is 0 Å². The predicted octanol–water partition coefficient (Wildman–Crippen LogP) is 2.70. The van der Waals surface area contributed by atoms with Gasteiger partial charge in [0.1, 0.15) is 12.0 Å². The van der Waals surface area contributed by atoms with Gasteiger partial charge >= 0.3 is 0 Å². The topological polar surface area (TPSA) is 38.9 Å². The van der Waals surface area contributed by atoms with Gasteiger partial charge in [0.2, 0.25) is 0 Å². The third kappa shape index (κ3) is 1.70. The Hall–Kier alpha value is -1.35. The quantitative estimate of drug-likeness (QED) is 0.701. The molecule has 66 valence electrons. The molecule has 2 aromatic rings. The molecule has 13 heavy (non-hydrogen) atoms. The van der Waals surface area contributed by atoms with E-state index in [4.69, 9.17) is 16.0 Å². The minimum Gasteiger partial charge on any atom is -0.449 e. The van der Waals surface area contributed by atoms with Crippen LogP contribution in [-0.4, -0.2) is 9.97 Å². The van der Waals surface area contributed by atoms with Crippen molar-refractivity contribution in [2.75, 3.05) is 0 Å². The largest absolute Gasteiger partial charge is 0.449 e. The second kappa shape index (κ2) is 3.18. The predicted molar refractivity (Wildman–Crippen MR) is 49.5 cm³/mol. The number of pyridine rings is 1. The van der Waals surface area contributed by atoms with Crippen molar-refractivity contribution in [3.05, 3.63) is 35.5 Å². The smallest absolute Gasteiger partial charge is 0.191 e. The third-order valence-corrected chi connectivity index (χ3v) is 1.83. The monoisotopic (exact) mass is 194 g/mol. The molecule has 0 aliphatic rings. The van der Waals surface area contributed by atoms with E-state index in [9.17, 15) is 0 Å². The number of nitrogens with zero attached hydrogens (tertiary/aromatic N) is 2. The fourth-order valence-corrected chi connectivity index (χ4v) is 1.12. The van der Waals surface area contributed by atoms with Gasteiger partial charge in [-0.05, 0) is 12.1 Å². The number of hydrogen-bond acceptors (Lipinski definition) is 3. The first kappa shape index (κ1) is 8.26. The highest BCUT2D eigenvalue weighted by Gasteiger charge is 2.03. The van der Waals surface area contributed by atoms with Crippen LogP contribution in [0.25, 0.3) is 11.4 Å². The lowest BCUT2D eigenvalue weighted by Crippen LogP contribution is -1.82. The molecule has 2 rings (SSSR count). The lowest BCUT2D eigenvalue weighted by atomic mass is 10.3. The average Bonchev–Trinajstić information content (AvgIpc) is 2.53. The van der Waals surface area contributed by atoms with E-state index in [0.29, 0.717) is 10.9 Å². The SMILES string of the molecule is Cc1nc(-c2ccc(Cl)cn2)co1. The number of hydrogen-bond donors (Lipinski definition) is 0. The second-order valence-corrected chi connectivity index (χ2v) is 3.05. The van der Waals surface area contributed by atoms with Gasteiger partial charge in [0.15, 0.2) is 5.89 Å². The van der Waals surface area contributed by atoms with Crippen LogP contribution in [0.4, 0.5) is 0 Å². The molecule has 0 radical (unpaired) electrons. The van der Waals surface area contributed by atoms with E-state index in [-0.39, 0.29) is 0 Å². The van der Waals surface area contributed by atoms with Crippen LogP contribution in [0.5, 0.6) is 0 Å². The van der Waals surface area contributed by atoms with Crippen LogP contribution < -0.4 is 0 Å². The molecule has 0 spiro atoms. The maximum Gasteiger partial charge on any atom is 0.191 e. The molecule has 0 saturated carbocycles. The van der Waals surface area contributed by atoms with E-state index >= 15 is 0 Å². The van der Waals surface area contributed by atoms with Crippen LogP contribution in [0, 0.1) is 6.92 Å². The summed E-state index contributed by atoms with van der Waals surface area (Å²) in [6.45, 7) is 1.79. The molecule has 0 fully saturated rings.